The van der Waals surface area contributed by atoms with Crippen molar-refractivity contribution < 1.29 is 17.9 Å². The number of nitrogens with two attached hydrogens (primary N) is 1. The van der Waals surface area contributed by atoms with Crippen LogP contribution >= 0.6 is 0 Å². The van der Waals surface area contributed by atoms with Crippen LogP contribution in [0.3, 0.4) is 0 Å². The molecular formula is C13H22N2O4S. The van der Waals surface area contributed by atoms with Gasteiger partial charge in [0.1, 0.15) is 16.4 Å². The molecular weight excluding hydrogens is 280 g/mol. The normalized spacial score (nSPS) is 13.3. The molecule has 0 bridgehead atoms. The molecule has 0 radical (unpaired) electrons. The number of hydrogen-bond acceptors (Lipinski definition) is 5. The molecule has 6 nitrogen and oxygen atoms in total. The summed E-state index contributed by atoms with van der Waals surface area (Å²) in [6.45, 7) is 4.05. The Morgan fingerprint density at radius 2 is 1.90 bits per heavy atom. The topological polar surface area (TPSA) is 90.7 Å². The average molecular weight is 302 g/mol. The molecule has 0 aromatic heterocycles. The molecule has 1 unspecified atom stereocenters. The van der Waals surface area contributed by atoms with Crippen molar-refractivity contribution in [3.8, 4) is 11.5 Å². The Kier molecular flexibility index (Phi) is 5.79. The van der Waals surface area contributed by atoms with Crippen LogP contribution in [0, 0.1) is 5.92 Å². The fourth-order valence-corrected chi connectivity index (χ4v) is 2.74. The molecule has 1 atom stereocenters. The number of sulfonamides is 1. The van der Waals surface area contributed by atoms with Gasteiger partial charge >= 0.3 is 0 Å². The minimum absolute atomic E-state index is 0.0664. The van der Waals surface area contributed by atoms with E-state index < -0.39 is 10.0 Å². The summed E-state index contributed by atoms with van der Waals surface area (Å²) in [4.78, 5) is 0.0664. The monoisotopic (exact) mass is 302 g/mol. The summed E-state index contributed by atoms with van der Waals surface area (Å²) in [6.07, 6.45) is 0. The lowest BCUT2D eigenvalue weighted by molar-refractivity contribution is 0.385. The minimum Gasteiger partial charge on any atom is -0.497 e. The third-order valence-corrected chi connectivity index (χ3v) is 4.49. The van der Waals surface area contributed by atoms with Crippen LogP contribution in [0.4, 0.5) is 0 Å². The SMILES string of the molecule is COc1ccc(S(=O)(=O)NCC(N)C(C)C)c(OC)c1. The van der Waals surface area contributed by atoms with E-state index in [1.54, 1.807) is 6.07 Å². The average Bonchev–Trinajstić information content (AvgIpc) is 2.43. The van der Waals surface area contributed by atoms with Crippen LogP contribution in [-0.4, -0.2) is 35.2 Å². The number of methoxy groups -OCH3 is 2. The van der Waals surface area contributed by atoms with Crippen LogP contribution < -0.4 is 19.9 Å². The predicted octanol–water partition coefficient (Wildman–Crippen LogP) is 0.965. The van der Waals surface area contributed by atoms with Crippen molar-refractivity contribution in [2.75, 3.05) is 20.8 Å². The van der Waals surface area contributed by atoms with Gasteiger partial charge in [0, 0.05) is 18.7 Å². The Morgan fingerprint density at radius 1 is 1.25 bits per heavy atom. The Labute approximate surface area is 120 Å². The lowest BCUT2D eigenvalue weighted by Gasteiger charge is -2.17. The van der Waals surface area contributed by atoms with Gasteiger partial charge in [-0.15, -0.1) is 0 Å². The number of hydrogen-bond donors (Lipinski definition) is 2. The van der Waals surface area contributed by atoms with E-state index in [9.17, 15) is 8.42 Å². The third kappa shape index (κ3) is 4.09. The Hall–Kier alpha value is -1.31. The molecule has 3 N–H and O–H groups in total. The van der Waals surface area contributed by atoms with Gasteiger partial charge in [-0.3, -0.25) is 0 Å². The van der Waals surface area contributed by atoms with Gasteiger partial charge in [-0.05, 0) is 18.1 Å². The molecule has 0 saturated carbocycles. The van der Waals surface area contributed by atoms with Gasteiger partial charge in [-0.25, -0.2) is 13.1 Å². The Bertz CT molecular complexity index is 543. The van der Waals surface area contributed by atoms with Crippen molar-refractivity contribution in [3.63, 3.8) is 0 Å². The zero-order valence-electron chi connectivity index (χ0n) is 12.2. The van der Waals surface area contributed by atoms with Crippen LogP contribution in [0.2, 0.25) is 0 Å². The fourth-order valence-electron chi connectivity index (χ4n) is 1.52. The minimum atomic E-state index is -3.67. The van der Waals surface area contributed by atoms with Crippen molar-refractivity contribution in [1.29, 1.82) is 0 Å². The van der Waals surface area contributed by atoms with Crippen molar-refractivity contribution in [2.45, 2.75) is 24.8 Å². The molecule has 0 aliphatic carbocycles. The van der Waals surface area contributed by atoms with E-state index in [0.717, 1.165) is 0 Å². The predicted molar refractivity (Wildman–Crippen MR) is 77.5 cm³/mol. The van der Waals surface area contributed by atoms with E-state index in [1.807, 2.05) is 13.8 Å². The molecule has 0 saturated heterocycles. The molecule has 0 spiro atoms. The van der Waals surface area contributed by atoms with Gasteiger partial charge in [0.15, 0.2) is 0 Å². The molecule has 0 fully saturated rings. The van der Waals surface area contributed by atoms with Crippen LogP contribution in [0.15, 0.2) is 23.1 Å². The zero-order valence-corrected chi connectivity index (χ0v) is 13.0. The number of nitrogens with one attached hydrogen (secondary N) is 1. The van der Waals surface area contributed by atoms with Crippen molar-refractivity contribution in [2.24, 2.45) is 11.7 Å². The number of benzene rings is 1. The second kappa shape index (κ2) is 6.92. The van der Waals surface area contributed by atoms with E-state index >= 15 is 0 Å². The lowest BCUT2D eigenvalue weighted by atomic mass is 10.1. The number of rotatable bonds is 7. The molecule has 1 aromatic rings. The first-order chi connectivity index (χ1) is 9.31. The van der Waals surface area contributed by atoms with Gasteiger partial charge in [-0.1, -0.05) is 13.8 Å². The molecule has 0 aliphatic rings. The maximum atomic E-state index is 12.3. The molecule has 1 aromatic carbocycles. The first-order valence-electron chi connectivity index (χ1n) is 6.29. The summed E-state index contributed by atoms with van der Waals surface area (Å²) in [6, 6.07) is 4.30. The summed E-state index contributed by atoms with van der Waals surface area (Å²) in [5, 5.41) is 0. The van der Waals surface area contributed by atoms with Crippen LogP contribution in [0.5, 0.6) is 11.5 Å². The lowest BCUT2D eigenvalue weighted by Crippen LogP contribution is -2.40. The summed E-state index contributed by atoms with van der Waals surface area (Å²) < 4.78 is 37.1. The van der Waals surface area contributed by atoms with Gasteiger partial charge in [0.25, 0.3) is 0 Å². The van der Waals surface area contributed by atoms with Crippen LogP contribution in [0.25, 0.3) is 0 Å². The van der Waals surface area contributed by atoms with E-state index in [-0.39, 0.29) is 29.1 Å². The molecule has 7 heteroatoms. The van der Waals surface area contributed by atoms with E-state index in [2.05, 4.69) is 4.72 Å². The molecule has 20 heavy (non-hydrogen) atoms. The van der Waals surface area contributed by atoms with Crippen LogP contribution in [0.1, 0.15) is 13.8 Å². The molecule has 1 rings (SSSR count). The van der Waals surface area contributed by atoms with Gasteiger partial charge in [0.2, 0.25) is 10.0 Å². The molecule has 0 amide bonds. The summed E-state index contributed by atoms with van der Waals surface area (Å²) >= 11 is 0. The fraction of sp³-hybridized carbons (Fsp3) is 0.538. The highest BCUT2D eigenvalue weighted by Gasteiger charge is 2.21. The van der Waals surface area contributed by atoms with E-state index in [0.29, 0.717) is 5.75 Å². The van der Waals surface area contributed by atoms with Gasteiger partial charge in [-0.2, -0.15) is 0 Å². The second-order valence-electron chi connectivity index (χ2n) is 4.78. The quantitative estimate of drug-likeness (QED) is 0.783. The zero-order chi connectivity index (χ0) is 15.3. The summed E-state index contributed by atoms with van der Waals surface area (Å²) in [5.74, 6) is 0.949. The van der Waals surface area contributed by atoms with E-state index in [1.165, 1.54) is 26.4 Å². The van der Waals surface area contributed by atoms with Crippen molar-refractivity contribution in [1.82, 2.24) is 4.72 Å². The van der Waals surface area contributed by atoms with Gasteiger partial charge < -0.3 is 15.2 Å². The largest absolute Gasteiger partial charge is 0.497 e. The van der Waals surface area contributed by atoms with Crippen molar-refractivity contribution in [3.05, 3.63) is 18.2 Å². The van der Waals surface area contributed by atoms with Crippen LogP contribution in [-0.2, 0) is 10.0 Å². The molecule has 0 aliphatic heterocycles. The second-order valence-corrected chi connectivity index (χ2v) is 6.51. The highest BCUT2D eigenvalue weighted by molar-refractivity contribution is 7.89. The maximum absolute atomic E-state index is 12.3. The number of ether oxygens (including phenoxy) is 2. The maximum Gasteiger partial charge on any atom is 0.244 e. The Morgan fingerprint density at radius 3 is 2.40 bits per heavy atom. The highest BCUT2D eigenvalue weighted by atomic mass is 32.2. The van der Waals surface area contributed by atoms with E-state index in [4.69, 9.17) is 15.2 Å². The molecule has 114 valence electrons. The smallest absolute Gasteiger partial charge is 0.244 e. The summed E-state index contributed by atoms with van der Waals surface area (Å²) in [5.41, 5.74) is 5.84. The third-order valence-electron chi connectivity index (χ3n) is 3.03. The standard InChI is InChI=1S/C13H22N2O4S/c1-9(2)11(14)8-15-20(16,17)13-6-5-10(18-3)7-12(13)19-4/h5-7,9,11,15H,8,14H2,1-4H3. The Balaban J connectivity index is 2.97. The first-order valence-corrected chi connectivity index (χ1v) is 7.77. The molecule has 0 heterocycles. The summed E-state index contributed by atoms with van der Waals surface area (Å²) in [7, 11) is -0.754. The van der Waals surface area contributed by atoms with Gasteiger partial charge in [0.05, 0.1) is 14.2 Å². The van der Waals surface area contributed by atoms with Crippen molar-refractivity contribution >= 4 is 10.0 Å². The first kappa shape index (κ1) is 16.7. The highest BCUT2D eigenvalue weighted by Crippen LogP contribution is 2.28.